The topological polar surface area (TPSA) is 38.8 Å². The van der Waals surface area contributed by atoms with Gasteiger partial charge in [-0.15, -0.1) is 0 Å². The first-order valence-electron chi connectivity index (χ1n) is 5.64. The van der Waals surface area contributed by atoms with Crippen molar-refractivity contribution in [1.82, 2.24) is 0 Å². The van der Waals surface area contributed by atoms with Gasteiger partial charge in [-0.25, -0.2) is 0 Å². The average molecular weight is 214 g/mol. The fraction of sp³-hybridized carbons (Fsp3) is 0.917. The van der Waals surface area contributed by atoms with Crippen LogP contribution in [0.3, 0.4) is 0 Å². The molecule has 0 amide bonds. The number of epoxide rings is 1. The molecule has 0 radical (unpaired) electrons. The first kappa shape index (κ1) is 12.5. The Morgan fingerprint density at radius 3 is 2.40 bits per heavy atom. The van der Waals surface area contributed by atoms with Gasteiger partial charge in [-0.2, -0.15) is 0 Å². The van der Waals surface area contributed by atoms with E-state index in [1.807, 2.05) is 13.8 Å². The zero-order valence-corrected chi connectivity index (χ0v) is 10.4. The van der Waals surface area contributed by atoms with Gasteiger partial charge in [0, 0.05) is 0 Å². The summed E-state index contributed by atoms with van der Waals surface area (Å²) < 4.78 is 10.2. The van der Waals surface area contributed by atoms with Crippen LogP contribution in [0.2, 0.25) is 0 Å². The summed E-state index contributed by atoms with van der Waals surface area (Å²) in [6.07, 6.45) is 0.152. The van der Waals surface area contributed by atoms with Crippen LogP contribution in [0, 0.1) is 17.3 Å². The van der Waals surface area contributed by atoms with Gasteiger partial charge in [-0.1, -0.05) is 20.8 Å². The van der Waals surface area contributed by atoms with Crippen LogP contribution in [0.25, 0.3) is 0 Å². The third-order valence-corrected chi connectivity index (χ3v) is 3.47. The van der Waals surface area contributed by atoms with E-state index in [2.05, 4.69) is 20.8 Å². The SMILES string of the molecule is CC(C)C(C)C(C)(C)C(=O)OCC1CO1. The molecule has 1 fully saturated rings. The summed E-state index contributed by atoms with van der Waals surface area (Å²) >= 11 is 0. The lowest BCUT2D eigenvalue weighted by Gasteiger charge is -2.32. The van der Waals surface area contributed by atoms with Crippen LogP contribution in [0.4, 0.5) is 0 Å². The van der Waals surface area contributed by atoms with Crippen LogP contribution in [-0.4, -0.2) is 25.3 Å². The Hall–Kier alpha value is -0.570. The summed E-state index contributed by atoms with van der Waals surface area (Å²) in [4.78, 5) is 11.9. The van der Waals surface area contributed by atoms with Crippen molar-refractivity contribution in [1.29, 1.82) is 0 Å². The maximum absolute atomic E-state index is 11.9. The Balaban J connectivity index is 2.46. The highest BCUT2D eigenvalue weighted by molar-refractivity contribution is 5.76. The molecule has 1 aliphatic rings. The third-order valence-electron chi connectivity index (χ3n) is 3.47. The molecule has 1 rings (SSSR count). The molecule has 1 saturated heterocycles. The minimum absolute atomic E-state index is 0.112. The number of carbonyl (C=O) groups excluding carboxylic acids is 1. The molecule has 1 aliphatic heterocycles. The molecule has 0 spiro atoms. The second-order valence-electron chi connectivity index (χ2n) is 5.31. The van der Waals surface area contributed by atoms with Crippen LogP contribution in [0.5, 0.6) is 0 Å². The first-order chi connectivity index (χ1) is 6.85. The summed E-state index contributed by atoms with van der Waals surface area (Å²) in [7, 11) is 0. The van der Waals surface area contributed by atoms with Crippen molar-refractivity contribution in [3.05, 3.63) is 0 Å². The van der Waals surface area contributed by atoms with E-state index in [4.69, 9.17) is 9.47 Å². The number of esters is 1. The number of ether oxygens (including phenoxy) is 2. The smallest absolute Gasteiger partial charge is 0.311 e. The maximum Gasteiger partial charge on any atom is 0.311 e. The van der Waals surface area contributed by atoms with E-state index in [1.54, 1.807) is 0 Å². The molecule has 3 heteroatoms. The van der Waals surface area contributed by atoms with Crippen molar-refractivity contribution in [2.45, 2.75) is 40.7 Å². The Labute approximate surface area is 92.1 Å². The zero-order valence-electron chi connectivity index (χ0n) is 10.4. The fourth-order valence-corrected chi connectivity index (χ4v) is 1.54. The molecule has 0 aromatic rings. The van der Waals surface area contributed by atoms with Crippen molar-refractivity contribution in [3.63, 3.8) is 0 Å². The lowest BCUT2D eigenvalue weighted by atomic mass is 9.74. The molecule has 0 N–H and O–H groups in total. The Bertz CT molecular complexity index is 229. The molecule has 3 nitrogen and oxygen atoms in total. The minimum Gasteiger partial charge on any atom is -0.462 e. The van der Waals surface area contributed by atoms with E-state index in [9.17, 15) is 4.79 Å². The number of hydrogen-bond acceptors (Lipinski definition) is 3. The summed E-state index contributed by atoms with van der Waals surface area (Å²) in [5, 5.41) is 0. The van der Waals surface area contributed by atoms with Gasteiger partial charge < -0.3 is 9.47 Å². The van der Waals surface area contributed by atoms with Gasteiger partial charge in [-0.05, 0) is 25.7 Å². The molecule has 0 aliphatic carbocycles. The van der Waals surface area contributed by atoms with Gasteiger partial charge in [0.1, 0.15) is 12.7 Å². The zero-order chi connectivity index (χ0) is 11.6. The largest absolute Gasteiger partial charge is 0.462 e. The van der Waals surface area contributed by atoms with Gasteiger partial charge in [0.25, 0.3) is 0 Å². The van der Waals surface area contributed by atoms with Crippen molar-refractivity contribution in [3.8, 4) is 0 Å². The monoisotopic (exact) mass is 214 g/mol. The van der Waals surface area contributed by atoms with Crippen LogP contribution < -0.4 is 0 Å². The molecule has 2 unspecified atom stereocenters. The van der Waals surface area contributed by atoms with E-state index in [0.717, 1.165) is 6.61 Å². The fourth-order valence-electron chi connectivity index (χ4n) is 1.54. The van der Waals surface area contributed by atoms with E-state index in [1.165, 1.54) is 0 Å². The van der Waals surface area contributed by atoms with Crippen molar-refractivity contribution in [2.24, 2.45) is 17.3 Å². The standard InChI is InChI=1S/C12H22O3/c1-8(2)9(3)12(4,5)11(13)15-7-10-6-14-10/h8-10H,6-7H2,1-5H3. The molecule has 88 valence electrons. The van der Waals surface area contributed by atoms with Crippen molar-refractivity contribution in [2.75, 3.05) is 13.2 Å². The average Bonchev–Trinajstić information content (AvgIpc) is 2.95. The van der Waals surface area contributed by atoms with Crippen molar-refractivity contribution < 1.29 is 14.3 Å². The van der Waals surface area contributed by atoms with Crippen LogP contribution in [-0.2, 0) is 14.3 Å². The van der Waals surface area contributed by atoms with Crippen molar-refractivity contribution >= 4 is 5.97 Å². The lowest BCUT2D eigenvalue weighted by Crippen LogP contribution is -2.36. The highest BCUT2D eigenvalue weighted by atomic mass is 16.6. The van der Waals surface area contributed by atoms with Gasteiger partial charge in [0.2, 0.25) is 0 Å². The molecule has 15 heavy (non-hydrogen) atoms. The predicted octanol–water partition coefficient (Wildman–Crippen LogP) is 2.25. The van der Waals surface area contributed by atoms with E-state index in [0.29, 0.717) is 18.4 Å². The lowest BCUT2D eigenvalue weighted by molar-refractivity contribution is -0.158. The van der Waals surface area contributed by atoms with Crippen LogP contribution in [0.1, 0.15) is 34.6 Å². The van der Waals surface area contributed by atoms with Gasteiger partial charge in [0.15, 0.2) is 0 Å². The Morgan fingerprint density at radius 2 is 2.00 bits per heavy atom. The molecule has 1 heterocycles. The summed E-state index contributed by atoms with van der Waals surface area (Å²) in [5.74, 6) is 0.675. The summed E-state index contributed by atoms with van der Waals surface area (Å²) in [6.45, 7) is 11.4. The molecule has 2 atom stereocenters. The van der Waals surface area contributed by atoms with E-state index >= 15 is 0 Å². The highest BCUT2D eigenvalue weighted by Crippen LogP contribution is 2.33. The van der Waals surface area contributed by atoms with Gasteiger partial charge in [-0.3, -0.25) is 4.79 Å². The van der Waals surface area contributed by atoms with E-state index in [-0.39, 0.29) is 12.1 Å². The quantitative estimate of drug-likeness (QED) is 0.520. The van der Waals surface area contributed by atoms with Crippen LogP contribution >= 0.6 is 0 Å². The number of carbonyl (C=O) groups is 1. The first-order valence-corrected chi connectivity index (χ1v) is 5.64. The number of hydrogen-bond donors (Lipinski definition) is 0. The van der Waals surface area contributed by atoms with Gasteiger partial charge in [0.05, 0.1) is 12.0 Å². The summed E-state index contributed by atoms with van der Waals surface area (Å²) in [5.41, 5.74) is -0.414. The minimum atomic E-state index is -0.414. The molecular formula is C12H22O3. The molecule has 0 saturated carbocycles. The molecule has 0 bridgehead atoms. The molecule has 0 aromatic carbocycles. The number of rotatable bonds is 5. The van der Waals surface area contributed by atoms with Crippen LogP contribution in [0.15, 0.2) is 0 Å². The highest BCUT2D eigenvalue weighted by Gasteiger charge is 2.38. The molecular weight excluding hydrogens is 192 g/mol. The second kappa shape index (κ2) is 4.52. The predicted molar refractivity (Wildman–Crippen MR) is 58.5 cm³/mol. The third kappa shape index (κ3) is 3.20. The Morgan fingerprint density at radius 1 is 1.47 bits per heavy atom. The van der Waals surface area contributed by atoms with Gasteiger partial charge >= 0.3 is 5.97 Å². The maximum atomic E-state index is 11.9. The normalized spacial score (nSPS) is 22.7. The van der Waals surface area contributed by atoms with E-state index < -0.39 is 5.41 Å². The molecule has 0 aromatic heterocycles. The summed E-state index contributed by atoms with van der Waals surface area (Å²) in [6, 6.07) is 0. The Kier molecular flexibility index (Phi) is 3.77. The second-order valence-corrected chi connectivity index (χ2v) is 5.31.